The Hall–Kier alpha value is -0.550. The lowest BCUT2D eigenvalue weighted by Crippen LogP contribution is -2.33. The van der Waals surface area contributed by atoms with Crippen LogP contribution in [-0.4, -0.2) is 6.04 Å². The third-order valence-electron chi connectivity index (χ3n) is 2.08. The van der Waals surface area contributed by atoms with E-state index in [9.17, 15) is 0 Å². The Morgan fingerprint density at radius 3 is 2.67 bits per heavy atom. The predicted octanol–water partition coefficient (Wildman–Crippen LogP) is 1.03. The fraction of sp³-hybridized carbons (Fsp3) is 0.857. The Kier molecular flexibility index (Phi) is 2.07. The lowest BCUT2D eigenvalue weighted by Gasteiger charge is -2.29. The minimum absolute atomic E-state index is 0.156. The Morgan fingerprint density at radius 1 is 1.67 bits per heavy atom. The van der Waals surface area contributed by atoms with Crippen LogP contribution in [0.15, 0.2) is 0 Å². The molecule has 1 saturated carbocycles. The Balaban J connectivity index is 2.17. The van der Waals surface area contributed by atoms with Crippen molar-refractivity contribution in [3.05, 3.63) is 0 Å². The van der Waals surface area contributed by atoms with Gasteiger partial charge in [-0.15, -0.1) is 0 Å². The van der Waals surface area contributed by atoms with Crippen molar-refractivity contribution in [3.63, 3.8) is 0 Å². The fourth-order valence-electron chi connectivity index (χ4n) is 1.14. The van der Waals surface area contributed by atoms with Crippen molar-refractivity contribution in [2.24, 2.45) is 11.7 Å². The van der Waals surface area contributed by atoms with E-state index >= 15 is 0 Å². The summed E-state index contributed by atoms with van der Waals surface area (Å²) in [4.78, 5) is 0. The van der Waals surface area contributed by atoms with Gasteiger partial charge in [0.2, 0.25) is 0 Å². The van der Waals surface area contributed by atoms with Crippen molar-refractivity contribution in [1.82, 2.24) is 0 Å². The summed E-state index contributed by atoms with van der Waals surface area (Å²) in [5, 5.41) is 8.28. The molecule has 0 aromatic carbocycles. The lowest BCUT2D eigenvalue weighted by atomic mass is 9.79. The highest BCUT2D eigenvalue weighted by Gasteiger charge is 2.23. The summed E-state index contributed by atoms with van der Waals surface area (Å²) in [5.41, 5.74) is 5.67. The number of hydrogen-bond acceptors (Lipinski definition) is 2. The maximum atomic E-state index is 8.28. The number of nitrogens with two attached hydrogens (primary N) is 1. The Bertz CT molecular complexity index is 121. The highest BCUT2D eigenvalue weighted by Crippen LogP contribution is 2.29. The molecule has 9 heavy (non-hydrogen) atoms. The molecule has 0 aromatic rings. The number of rotatable bonds is 2. The van der Waals surface area contributed by atoms with Crippen LogP contribution in [0.3, 0.4) is 0 Å². The van der Waals surface area contributed by atoms with Gasteiger partial charge in [-0.25, -0.2) is 0 Å². The van der Waals surface area contributed by atoms with Gasteiger partial charge in [0.25, 0.3) is 0 Å². The van der Waals surface area contributed by atoms with E-state index in [1.807, 2.05) is 0 Å². The van der Waals surface area contributed by atoms with Crippen molar-refractivity contribution in [1.29, 1.82) is 5.26 Å². The first-order valence-electron chi connectivity index (χ1n) is 3.47. The van der Waals surface area contributed by atoms with Gasteiger partial charge in [-0.2, -0.15) is 5.26 Å². The number of nitriles is 1. The van der Waals surface area contributed by atoms with E-state index in [2.05, 4.69) is 6.07 Å². The molecule has 2 N–H and O–H groups in total. The molecule has 0 aromatic heterocycles. The summed E-state index contributed by atoms with van der Waals surface area (Å²) in [5.74, 6) is 0.657. The summed E-state index contributed by atoms with van der Waals surface area (Å²) >= 11 is 0. The van der Waals surface area contributed by atoms with Crippen LogP contribution < -0.4 is 5.73 Å². The minimum atomic E-state index is 0.156. The zero-order valence-electron chi connectivity index (χ0n) is 5.51. The number of hydrogen-bond donors (Lipinski definition) is 1. The molecule has 1 unspecified atom stereocenters. The van der Waals surface area contributed by atoms with Crippen molar-refractivity contribution < 1.29 is 0 Å². The third kappa shape index (κ3) is 1.43. The first-order chi connectivity index (χ1) is 4.34. The van der Waals surface area contributed by atoms with Gasteiger partial charge in [0.1, 0.15) is 0 Å². The van der Waals surface area contributed by atoms with E-state index in [0.717, 1.165) is 0 Å². The normalized spacial score (nSPS) is 22.2. The first kappa shape index (κ1) is 6.57. The standard InChI is InChI=1S/C7H12N2/c8-5-4-7(9)6-2-1-3-6/h6-7H,1-4,9H2. The minimum Gasteiger partial charge on any atom is -0.327 e. The van der Waals surface area contributed by atoms with Crippen LogP contribution in [0.1, 0.15) is 25.7 Å². The van der Waals surface area contributed by atoms with E-state index in [1.54, 1.807) is 0 Å². The molecule has 0 spiro atoms. The van der Waals surface area contributed by atoms with Gasteiger partial charge in [0.15, 0.2) is 0 Å². The molecule has 1 aliphatic carbocycles. The van der Waals surface area contributed by atoms with E-state index < -0.39 is 0 Å². The molecule has 0 bridgehead atoms. The average molecular weight is 124 g/mol. The quantitative estimate of drug-likeness (QED) is 0.597. The van der Waals surface area contributed by atoms with Crippen LogP contribution in [0.2, 0.25) is 0 Å². The molecule has 1 rings (SSSR count). The molecular formula is C7H12N2. The highest BCUT2D eigenvalue weighted by molar-refractivity contribution is 4.86. The summed E-state index contributed by atoms with van der Waals surface area (Å²) in [6.45, 7) is 0. The van der Waals surface area contributed by atoms with Gasteiger partial charge in [0, 0.05) is 6.04 Å². The fourth-order valence-corrected chi connectivity index (χ4v) is 1.14. The second kappa shape index (κ2) is 2.84. The molecule has 2 heteroatoms. The van der Waals surface area contributed by atoms with Crippen LogP contribution in [0.4, 0.5) is 0 Å². The molecule has 0 amide bonds. The molecular weight excluding hydrogens is 112 g/mol. The van der Waals surface area contributed by atoms with Gasteiger partial charge in [-0.1, -0.05) is 6.42 Å². The van der Waals surface area contributed by atoms with Gasteiger partial charge in [-0.05, 0) is 18.8 Å². The Labute approximate surface area is 55.7 Å². The number of nitrogens with zero attached hydrogens (tertiary/aromatic N) is 1. The van der Waals surface area contributed by atoms with Gasteiger partial charge in [-0.3, -0.25) is 0 Å². The third-order valence-corrected chi connectivity index (χ3v) is 2.08. The monoisotopic (exact) mass is 124 g/mol. The second-order valence-electron chi connectivity index (χ2n) is 2.72. The molecule has 2 nitrogen and oxygen atoms in total. The van der Waals surface area contributed by atoms with Crippen LogP contribution in [0.25, 0.3) is 0 Å². The average Bonchev–Trinajstić information content (AvgIpc) is 1.60. The Morgan fingerprint density at radius 2 is 2.33 bits per heavy atom. The van der Waals surface area contributed by atoms with Crippen LogP contribution in [0, 0.1) is 17.2 Å². The van der Waals surface area contributed by atoms with E-state index in [0.29, 0.717) is 12.3 Å². The first-order valence-corrected chi connectivity index (χ1v) is 3.47. The van der Waals surface area contributed by atoms with Gasteiger partial charge < -0.3 is 5.73 Å². The molecule has 0 aliphatic heterocycles. The molecule has 1 atom stereocenters. The summed E-state index contributed by atoms with van der Waals surface area (Å²) in [7, 11) is 0. The van der Waals surface area contributed by atoms with E-state index in [-0.39, 0.29) is 6.04 Å². The summed E-state index contributed by atoms with van der Waals surface area (Å²) < 4.78 is 0. The van der Waals surface area contributed by atoms with Crippen molar-refractivity contribution >= 4 is 0 Å². The molecule has 1 fully saturated rings. The van der Waals surface area contributed by atoms with Crippen molar-refractivity contribution in [2.75, 3.05) is 0 Å². The zero-order chi connectivity index (χ0) is 6.69. The SMILES string of the molecule is N#CCC(N)C1CCC1. The van der Waals surface area contributed by atoms with Crippen LogP contribution >= 0.6 is 0 Å². The predicted molar refractivity (Wildman–Crippen MR) is 35.5 cm³/mol. The lowest BCUT2D eigenvalue weighted by molar-refractivity contribution is 0.263. The zero-order valence-corrected chi connectivity index (χ0v) is 5.51. The summed E-state index contributed by atoms with van der Waals surface area (Å²) in [6, 6.07) is 2.25. The molecule has 50 valence electrons. The van der Waals surface area contributed by atoms with Crippen LogP contribution in [-0.2, 0) is 0 Å². The highest BCUT2D eigenvalue weighted by atomic mass is 14.7. The molecule has 0 saturated heterocycles. The topological polar surface area (TPSA) is 49.8 Å². The molecule has 0 radical (unpaired) electrons. The maximum Gasteiger partial charge on any atom is 0.0638 e. The molecule has 0 heterocycles. The van der Waals surface area contributed by atoms with Crippen molar-refractivity contribution in [3.8, 4) is 6.07 Å². The largest absolute Gasteiger partial charge is 0.327 e. The van der Waals surface area contributed by atoms with Crippen molar-refractivity contribution in [2.45, 2.75) is 31.7 Å². The maximum absolute atomic E-state index is 8.28. The van der Waals surface area contributed by atoms with Gasteiger partial charge >= 0.3 is 0 Å². The van der Waals surface area contributed by atoms with E-state index in [4.69, 9.17) is 11.0 Å². The molecule has 1 aliphatic rings. The van der Waals surface area contributed by atoms with Gasteiger partial charge in [0.05, 0.1) is 12.5 Å². The second-order valence-corrected chi connectivity index (χ2v) is 2.72. The smallest absolute Gasteiger partial charge is 0.0638 e. The van der Waals surface area contributed by atoms with E-state index in [1.165, 1.54) is 19.3 Å². The van der Waals surface area contributed by atoms with Crippen LogP contribution in [0.5, 0.6) is 0 Å². The summed E-state index contributed by atoms with van der Waals surface area (Å²) in [6.07, 6.45) is 4.32.